The molecule has 0 amide bonds. The van der Waals surface area contributed by atoms with Crippen LogP contribution in [0.2, 0.25) is 0 Å². The van der Waals surface area contributed by atoms with Crippen molar-refractivity contribution in [2.24, 2.45) is 0 Å². The van der Waals surface area contributed by atoms with E-state index in [4.69, 9.17) is 9.84 Å². The number of hydrogen-bond donors (Lipinski definition) is 1. The first-order valence-corrected chi connectivity index (χ1v) is 6.01. The zero-order valence-corrected chi connectivity index (χ0v) is 10.9. The highest BCUT2D eigenvalue weighted by atomic mass is 79.9. The maximum absolute atomic E-state index is 11.0. The summed E-state index contributed by atoms with van der Waals surface area (Å²) in [6.45, 7) is 0.275. The molecule has 0 fully saturated rings. The molecule has 1 aromatic carbocycles. The van der Waals surface area contributed by atoms with E-state index in [1.54, 1.807) is 6.07 Å². The number of ether oxygens (including phenoxy) is 1. The maximum atomic E-state index is 11.0. The molecule has 4 nitrogen and oxygen atoms in total. The number of hydrogen-bond acceptors (Lipinski definition) is 3. The number of carbonyl (C=O) groups is 1. The van der Waals surface area contributed by atoms with E-state index in [-0.39, 0.29) is 18.1 Å². The van der Waals surface area contributed by atoms with E-state index < -0.39 is 5.97 Å². The van der Waals surface area contributed by atoms with Gasteiger partial charge >= 0.3 is 5.97 Å². The minimum atomic E-state index is -1.05. The summed E-state index contributed by atoms with van der Waals surface area (Å²) in [6.07, 6.45) is 1.50. The second-order valence-corrected chi connectivity index (χ2v) is 4.50. The van der Waals surface area contributed by atoms with E-state index in [0.717, 1.165) is 10.0 Å². The van der Waals surface area contributed by atoms with Crippen LogP contribution < -0.4 is 4.74 Å². The first kappa shape index (κ1) is 12.6. The van der Waals surface area contributed by atoms with Crippen LogP contribution >= 0.6 is 15.9 Å². The highest BCUT2D eigenvalue weighted by Crippen LogP contribution is 2.17. The van der Waals surface area contributed by atoms with E-state index in [1.165, 1.54) is 12.3 Å². The van der Waals surface area contributed by atoms with Crippen LogP contribution in [0.3, 0.4) is 0 Å². The van der Waals surface area contributed by atoms with Crippen LogP contribution in [0.15, 0.2) is 47.1 Å². The molecule has 2 aromatic rings. The molecule has 0 radical (unpaired) electrons. The molecule has 1 aromatic heterocycles. The van der Waals surface area contributed by atoms with Crippen molar-refractivity contribution in [3.63, 3.8) is 0 Å². The molecule has 0 atom stereocenters. The molecule has 0 bridgehead atoms. The van der Waals surface area contributed by atoms with Crippen molar-refractivity contribution in [1.29, 1.82) is 0 Å². The van der Waals surface area contributed by atoms with Gasteiger partial charge in [0.2, 0.25) is 5.88 Å². The van der Waals surface area contributed by atoms with Gasteiger partial charge in [0, 0.05) is 10.7 Å². The summed E-state index contributed by atoms with van der Waals surface area (Å²) in [5, 5.41) is 8.98. The fourth-order valence-electron chi connectivity index (χ4n) is 1.45. The predicted octanol–water partition coefficient (Wildman–Crippen LogP) is 3.12. The first-order chi connectivity index (χ1) is 8.66. The molecule has 0 spiro atoms. The third kappa shape index (κ3) is 3.07. The molecule has 0 saturated heterocycles. The largest absolute Gasteiger partial charge is 0.477 e. The van der Waals surface area contributed by atoms with E-state index in [9.17, 15) is 4.79 Å². The molecule has 18 heavy (non-hydrogen) atoms. The van der Waals surface area contributed by atoms with Crippen LogP contribution in [-0.4, -0.2) is 16.1 Å². The lowest BCUT2D eigenvalue weighted by Crippen LogP contribution is -2.04. The lowest BCUT2D eigenvalue weighted by atomic mass is 10.2. The van der Waals surface area contributed by atoms with Crippen LogP contribution in [-0.2, 0) is 6.61 Å². The van der Waals surface area contributed by atoms with Crippen LogP contribution in [0.1, 0.15) is 15.9 Å². The van der Waals surface area contributed by atoms with Crippen molar-refractivity contribution >= 4 is 21.9 Å². The fraction of sp³-hybridized carbons (Fsp3) is 0.0769. The monoisotopic (exact) mass is 307 g/mol. The molecule has 0 unspecified atom stereocenters. The zero-order chi connectivity index (χ0) is 13.0. The normalized spacial score (nSPS) is 10.1. The van der Waals surface area contributed by atoms with Crippen molar-refractivity contribution in [3.8, 4) is 5.88 Å². The van der Waals surface area contributed by atoms with Gasteiger partial charge in [-0.2, -0.15) is 0 Å². The molecule has 1 N–H and O–H groups in total. The summed E-state index contributed by atoms with van der Waals surface area (Å²) < 4.78 is 6.37. The van der Waals surface area contributed by atoms with Gasteiger partial charge in [0.1, 0.15) is 12.2 Å². The molecule has 0 aliphatic heterocycles. The Morgan fingerprint density at radius 1 is 1.33 bits per heavy atom. The number of halogens is 1. The highest BCUT2D eigenvalue weighted by Gasteiger charge is 2.11. The minimum Gasteiger partial charge on any atom is -0.477 e. The van der Waals surface area contributed by atoms with Gasteiger partial charge < -0.3 is 9.84 Å². The van der Waals surface area contributed by atoms with Crippen LogP contribution in [0.5, 0.6) is 5.88 Å². The molecule has 0 aliphatic rings. The van der Waals surface area contributed by atoms with Crippen molar-refractivity contribution in [2.75, 3.05) is 0 Å². The molecule has 0 aliphatic carbocycles. The van der Waals surface area contributed by atoms with Crippen molar-refractivity contribution < 1.29 is 14.6 Å². The second-order valence-electron chi connectivity index (χ2n) is 3.58. The number of nitrogens with zero attached hydrogens (tertiary/aromatic N) is 1. The number of aromatic carboxylic acids is 1. The summed E-state index contributed by atoms with van der Waals surface area (Å²) in [4.78, 5) is 14.9. The van der Waals surface area contributed by atoms with Gasteiger partial charge in [0.05, 0.1) is 0 Å². The SMILES string of the molecule is O=C(O)c1cccnc1OCc1cccc(Br)c1. The molecular formula is C13H10BrNO3. The number of carboxylic acid groups (broad SMARTS) is 1. The van der Waals surface area contributed by atoms with Gasteiger partial charge in [0.25, 0.3) is 0 Å². The van der Waals surface area contributed by atoms with Crippen molar-refractivity contribution in [1.82, 2.24) is 4.98 Å². The first-order valence-electron chi connectivity index (χ1n) is 5.22. The fourth-order valence-corrected chi connectivity index (χ4v) is 1.89. The quantitative estimate of drug-likeness (QED) is 0.943. The number of aromatic nitrogens is 1. The minimum absolute atomic E-state index is 0.0625. The summed E-state index contributed by atoms with van der Waals surface area (Å²) in [5.41, 5.74) is 0.999. The summed E-state index contributed by atoms with van der Waals surface area (Å²) in [6, 6.07) is 10.6. The molecule has 92 valence electrons. The Morgan fingerprint density at radius 2 is 2.17 bits per heavy atom. The van der Waals surface area contributed by atoms with Gasteiger partial charge in [0.15, 0.2) is 0 Å². The van der Waals surface area contributed by atoms with Crippen LogP contribution in [0.4, 0.5) is 0 Å². The van der Waals surface area contributed by atoms with Gasteiger partial charge in [-0.1, -0.05) is 28.1 Å². The molecule has 0 saturated carbocycles. The lowest BCUT2D eigenvalue weighted by molar-refractivity contribution is 0.0690. The summed E-state index contributed by atoms with van der Waals surface area (Å²) in [7, 11) is 0. The van der Waals surface area contributed by atoms with E-state index in [2.05, 4.69) is 20.9 Å². The summed E-state index contributed by atoms with van der Waals surface area (Å²) >= 11 is 3.36. The Balaban J connectivity index is 2.13. The average molecular weight is 308 g/mol. The average Bonchev–Trinajstić information content (AvgIpc) is 2.37. The third-order valence-electron chi connectivity index (χ3n) is 2.27. The number of carboxylic acids is 1. The van der Waals surface area contributed by atoms with Crippen molar-refractivity contribution in [3.05, 3.63) is 58.2 Å². The molecular weight excluding hydrogens is 298 g/mol. The van der Waals surface area contributed by atoms with Gasteiger partial charge in [-0.25, -0.2) is 9.78 Å². The Morgan fingerprint density at radius 3 is 2.89 bits per heavy atom. The topological polar surface area (TPSA) is 59.4 Å². The lowest BCUT2D eigenvalue weighted by Gasteiger charge is -2.07. The molecule has 5 heteroatoms. The van der Waals surface area contributed by atoms with Crippen molar-refractivity contribution in [2.45, 2.75) is 6.61 Å². The summed E-state index contributed by atoms with van der Waals surface area (Å²) in [5.74, 6) is -0.919. The van der Waals surface area contributed by atoms with Gasteiger partial charge in [-0.3, -0.25) is 0 Å². The Kier molecular flexibility index (Phi) is 3.94. The molecule has 2 rings (SSSR count). The second kappa shape index (κ2) is 5.64. The smallest absolute Gasteiger partial charge is 0.341 e. The maximum Gasteiger partial charge on any atom is 0.341 e. The van der Waals surface area contributed by atoms with Crippen LogP contribution in [0, 0.1) is 0 Å². The van der Waals surface area contributed by atoms with Gasteiger partial charge in [-0.05, 0) is 29.8 Å². The Hall–Kier alpha value is -1.88. The third-order valence-corrected chi connectivity index (χ3v) is 2.76. The molecule has 1 heterocycles. The predicted molar refractivity (Wildman–Crippen MR) is 69.7 cm³/mol. The number of benzene rings is 1. The zero-order valence-electron chi connectivity index (χ0n) is 9.34. The highest BCUT2D eigenvalue weighted by molar-refractivity contribution is 9.10. The standard InChI is InChI=1S/C13H10BrNO3/c14-10-4-1-3-9(7-10)8-18-12-11(13(16)17)5-2-6-15-12/h1-7H,8H2,(H,16,17). The van der Waals surface area contributed by atoms with Crippen LogP contribution in [0.25, 0.3) is 0 Å². The Bertz CT molecular complexity index is 572. The Labute approximate surface area is 112 Å². The number of rotatable bonds is 4. The van der Waals surface area contributed by atoms with E-state index in [1.807, 2.05) is 24.3 Å². The van der Waals surface area contributed by atoms with Gasteiger partial charge in [-0.15, -0.1) is 0 Å². The number of pyridine rings is 1. The van der Waals surface area contributed by atoms with E-state index in [0.29, 0.717) is 0 Å². The van der Waals surface area contributed by atoms with E-state index >= 15 is 0 Å².